The molecule has 3 aromatic rings. The summed E-state index contributed by atoms with van der Waals surface area (Å²) in [6, 6.07) is 16.6. The Morgan fingerprint density at radius 1 is 1.00 bits per heavy atom. The zero-order valence-corrected chi connectivity index (χ0v) is 17.3. The van der Waals surface area contributed by atoms with Crippen molar-refractivity contribution in [2.24, 2.45) is 0 Å². The Labute approximate surface area is 174 Å². The number of nitrogens with one attached hydrogen (secondary N) is 1. The lowest BCUT2D eigenvalue weighted by Gasteiger charge is -2.35. The molecule has 0 radical (unpaired) electrons. The summed E-state index contributed by atoms with van der Waals surface area (Å²) in [4.78, 5) is 13.1. The predicted octanol–water partition coefficient (Wildman–Crippen LogP) is 3.97. The van der Waals surface area contributed by atoms with Crippen LogP contribution in [0.2, 0.25) is 0 Å². The molecule has 1 atom stereocenters. The van der Waals surface area contributed by atoms with E-state index in [4.69, 9.17) is 0 Å². The van der Waals surface area contributed by atoms with E-state index in [2.05, 4.69) is 5.32 Å². The van der Waals surface area contributed by atoms with Crippen LogP contribution in [0.15, 0.2) is 64.9 Å². The van der Waals surface area contributed by atoms with Gasteiger partial charge in [0.2, 0.25) is 15.9 Å². The van der Waals surface area contributed by atoms with E-state index in [1.807, 2.05) is 41.8 Å². The number of anilines is 1. The van der Waals surface area contributed by atoms with Crippen LogP contribution in [0.1, 0.15) is 34.0 Å². The molecule has 0 bridgehead atoms. The molecule has 0 spiro atoms. The van der Waals surface area contributed by atoms with Crippen molar-refractivity contribution in [3.8, 4) is 0 Å². The summed E-state index contributed by atoms with van der Waals surface area (Å²) in [7, 11) is -3.70. The summed E-state index contributed by atoms with van der Waals surface area (Å²) >= 11 is 1.69. The molecule has 1 aromatic heterocycles. The molecule has 0 aliphatic carbocycles. The van der Waals surface area contributed by atoms with Crippen molar-refractivity contribution in [3.05, 3.63) is 81.5 Å². The summed E-state index contributed by atoms with van der Waals surface area (Å²) in [5.41, 5.74) is 3.62. The van der Waals surface area contributed by atoms with E-state index < -0.39 is 10.0 Å². The molecular weight excluding hydrogens is 404 g/mol. The fourth-order valence-corrected chi connectivity index (χ4v) is 6.74. The van der Waals surface area contributed by atoms with E-state index in [1.54, 1.807) is 33.8 Å². The smallest absolute Gasteiger partial charge is 0.243 e. The van der Waals surface area contributed by atoms with Gasteiger partial charge in [-0.15, -0.1) is 11.3 Å². The zero-order chi connectivity index (χ0) is 20.0. The van der Waals surface area contributed by atoms with Crippen LogP contribution in [-0.4, -0.2) is 25.2 Å². The molecule has 1 amide bonds. The number of carbonyl (C=O) groups excluding carboxylic acids is 1. The molecule has 1 unspecified atom stereocenters. The van der Waals surface area contributed by atoms with Crippen molar-refractivity contribution in [1.82, 2.24) is 4.31 Å². The number of benzene rings is 2. The lowest BCUT2D eigenvalue weighted by atomic mass is 9.95. The van der Waals surface area contributed by atoms with E-state index in [-0.39, 0.29) is 16.8 Å². The third-order valence-electron chi connectivity index (χ3n) is 5.62. The van der Waals surface area contributed by atoms with Crippen LogP contribution in [0.25, 0.3) is 0 Å². The Morgan fingerprint density at radius 3 is 2.66 bits per heavy atom. The van der Waals surface area contributed by atoms with Crippen LogP contribution in [0, 0.1) is 0 Å². The van der Waals surface area contributed by atoms with Gasteiger partial charge in [-0.05, 0) is 59.2 Å². The number of nitrogens with zero attached hydrogens (tertiary/aromatic N) is 1. The molecular formula is C22H20N2O3S2. The molecule has 0 fully saturated rings. The van der Waals surface area contributed by atoms with Gasteiger partial charge in [-0.2, -0.15) is 4.31 Å². The van der Waals surface area contributed by atoms with E-state index in [1.165, 1.54) is 4.88 Å². The Hall–Kier alpha value is -2.48. The normalized spacial score (nSPS) is 19.3. The minimum atomic E-state index is -3.70. The minimum absolute atomic E-state index is 0.0294. The number of thiophene rings is 1. The number of amides is 1. The second-order valence-corrected chi connectivity index (χ2v) is 10.2. The maximum absolute atomic E-state index is 13.7. The quantitative estimate of drug-likeness (QED) is 0.692. The highest BCUT2D eigenvalue weighted by Crippen LogP contribution is 2.41. The molecule has 3 heterocycles. The Morgan fingerprint density at radius 2 is 1.83 bits per heavy atom. The van der Waals surface area contributed by atoms with Crippen molar-refractivity contribution in [2.45, 2.75) is 30.2 Å². The van der Waals surface area contributed by atoms with E-state index in [9.17, 15) is 13.2 Å². The van der Waals surface area contributed by atoms with Gasteiger partial charge in [-0.1, -0.05) is 30.3 Å². The fraction of sp³-hybridized carbons (Fsp3) is 0.227. The highest BCUT2D eigenvalue weighted by Gasteiger charge is 2.38. The second kappa shape index (κ2) is 7.09. The minimum Gasteiger partial charge on any atom is -0.326 e. The molecule has 0 saturated carbocycles. The van der Waals surface area contributed by atoms with Gasteiger partial charge in [0, 0.05) is 23.5 Å². The number of hydrogen-bond acceptors (Lipinski definition) is 4. The van der Waals surface area contributed by atoms with Gasteiger partial charge in [0.25, 0.3) is 0 Å². The van der Waals surface area contributed by atoms with Crippen molar-refractivity contribution in [1.29, 1.82) is 0 Å². The first-order valence-electron chi connectivity index (χ1n) is 9.60. The lowest BCUT2D eigenvalue weighted by molar-refractivity contribution is -0.116. The number of aryl methyl sites for hydroxylation is 1. The highest BCUT2D eigenvalue weighted by molar-refractivity contribution is 7.89. The van der Waals surface area contributed by atoms with Crippen molar-refractivity contribution in [3.63, 3.8) is 0 Å². The summed E-state index contributed by atoms with van der Waals surface area (Å²) in [6.45, 7) is 0.448. The maximum Gasteiger partial charge on any atom is 0.243 e. The molecule has 2 aromatic carbocycles. The van der Waals surface area contributed by atoms with E-state index >= 15 is 0 Å². The van der Waals surface area contributed by atoms with Crippen molar-refractivity contribution in [2.75, 3.05) is 11.9 Å². The standard InChI is InChI=1S/C22H20N2O3S2/c25-21-9-6-16-14-17(7-8-19(16)23-21)29(26,27)24-12-10-20-18(11-13-28-20)22(24)15-4-2-1-3-5-15/h1-5,7-8,11,13-14,22H,6,9-10,12H2,(H,23,25). The Bertz CT molecular complexity index is 1190. The van der Waals surface area contributed by atoms with Crippen LogP contribution in [-0.2, 0) is 27.7 Å². The first-order chi connectivity index (χ1) is 14.0. The second-order valence-electron chi connectivity index (χ2n) is 7.35. The topological polar surface area (TPSA) is 66.5 Å². The van der Waals surface area contributed by atoms with Crippen LogP contribution >= 0.6 is 11.3 Å². The molecule has 148 valence electrons. The van der Waals surface area contributed by atoms with E-state index in [0.717, 1.165) is 23.1 Å². The first kappa shape index (κ1) is 18.5. The van der Waals surface area contributed by atoms with Crippen molar-refractivity contribution >= 4 is 33.0 Å². The predicted molar refractivity (Wildman–Crippen MR) is 114 cm³/mol. The summed E-state index contributed by atoms with van der Waals surface area (Å²) in [5.74, 6) is -0.0294. The Balaban J connectivity index is 1.59. The summed E-state index contributed by atoms with van der Waals surface area (Å²) < 4.78 is 29.0. The average Bonchev–Trinajstić information content (AvgIpc) is 3.22. The zero-order valence-electron chi connectivity index (χ0n) is 15.7. The van der Waals surface area contributed by atoms with Gasteiger partial charge in [0.1, 0.15) is 0 Å². The van der Waals surface area contributed by atoms with Crippen LogP contribution in [0.5, 0.6) is 0 Å². The molecule has 5 rings (SSSR count). The lowest BCUT2D eigenvalue weighted by Crippen LogP contribution is -2.40. The SMILES string of the molecule is O=C1CCc2cc(S(=O)(=O)N3CCc4sccc4C3c3ccccc3)ccc2N1. The molecule has 29 heavy (non-hydrogen) atoms. The molecule has 7 heteroatoms. The molecule has 5 nitrogen and oxygen atoms in total. The molecule has 2 aliphatic heterocycles. The van der Waals surface area contributed by atoms with Gasteiger partial charge >= 0.3 is 0 Å². The van der Waals surface area contributed by atoms with Gasteiger partial charge in [0.15, 0.2) is 0 Å². The number of sulfonamides is 1. The monoisotopic (exact) mass is 424 g/mol. The van der Waals surface area contributed by atoms with Gasteiger partial charge in [-0.3, -0.25) is 4.79 Å². The fourth-order valence-electron chi connectivity index (χ4n) is 4.19. The number of hydrogen-bond donors (Lipinski definition) is 1. The third kappa shape index (κ3) is 3.19. The van der Waals surface area contributed by atoms with Crippen LogP contribution < -0.4 is 5.32 Å². The number of rotatable bonds is 3. The van der Waals surface area contributed by atoms with Gasteiger partial charge in [0.05, 0.1) is 10.9 Å². The largest absolute Gasteiger partial charge is 0.326 e. The summed E-state index contributed by atoms with van der Waals surface area (Å²) in [5, 5.41) is 4.86. The highest BCUT2D eigenvalue weighted by atomic mass is 32.2. The number of fused-ring (bicyclic) bond motifs is 2. The van der Waals surface area contributed by atoms with Crippen molar-refractivity contribution < 1.29 is 13.2 Å². The van der Waals surface area contributed by atoms with E-state index in [0.29, 0.717) is 25.1 Å². The molecule has 0 saturated heterocycles. The third-order valence-corrected chi connectivity index (χ3v) is 8.47. The maximum atomic E-state index is 13.7. The van der Waals surface area contributed by atoms with Gasteiger partial charge < -0.3 is 5.32 Å². The number of carbonyl (C=O) groups is 1. The molecule has 2 aliphatic rings. The van der Waals surface area contributed by atoms with Gasteiger partial charge in [-0.25, -0.2) is 8.42 Å². The Kier molecular flexibility index (Phi) is 4.53. The average molecular weight is 425 g/mol. The van der Waals surface area contributed by atoms with Crippen LogP contribution in [0.3, 0.4) is 0 Å². The molecule has 1 N–H and O–H groups in total. The summed E-state index contributed by atoms with van der Waals surface area (Å²) in [6.07, 6.45) is 1.66. The first-order valence-corrected chi connectivity index (χ1v) is 11.9. The van der Waals surface area contributed by atoms with Crippen LogP contribution in [0.4, 0.5) is 5.69 Å².